The fourth-order valence-electron chi connectivity index (χ4n) is 0.196. The molecule has 3 nitrogen and oxygen atoms in total. The largest absolute Gasteiger partial charge is 0.375 e. The summed E-state index contributed by atoms with van der Waals surface area (Å²) in [6, 6.07) is 0. The van der Waals surface area contributed by atoms with Gasteiger partial charge in [0.25, 0.3) is 0 Å². The summed E-state index contributed by atoms with van der Waals surface area (Å²) in [7, 11) is 0. The summed E-state index contributed by atoms with van der Waals surface area (Å²) in [6.45, 7) is 1.88. The van der Waals surface area contributed by atoms with Gasteiger partial charge in [-0.1, -0.05) is 6.08 Å². The second kappa shape index (κ2) is 4.39. The number of hydrogen-bond acceptors (Lipinski definition) is 2. The molecule has 0 aromatic carbocycles. The maximum atomic E-state index is 5.06. The van der Waals surface area contributed by atoms with Gasteiger partial charge in [0.15, 0.2) is 5.11 Å². The van der Waals surface area contributed by atoms with E-state index in [0.29, 0.717) is 0 Å². The van der Waals surface area contributed by atoms with Crippen molar-refractivity contribution in [2.24, 2.45) is 5.73 Å². The first-order valence-electron chi connectivity index (χ1n) is 2.19. The van der Waals surface area contributed by atoms with Gasteiger partial charge < -0.3 is 11.2 Å². The Morgan fingerprint density at radius 2 is 2.38 bits per heavy atom. The van der Waals surface area contributed by atoms with Crippen LogP contribution in [0.25, 0.3) is 0 Å². The van der Waals surface area contributed by atoms with Crippen molar-refractivity contribution in [1.82, 2.24) is 10.9 Å². The van der Waals surface area contributed by atoms with Gasteiger partial charge >= 0.3 is 0 Å². The van der Waals surface area contributed by atoms with E-state index in [9.17, 15) is 0 Å². The van der Waals surface area contributed by atoms with Crippen LogP contribution >= 0.6 is 12.2 Å². The fraction of sp³-hybridized carbons (Fsp3) is 0.250. The highest BCUT2D eigenvalue weighted by Gasteiger charge is 1.74. The molecule has 0 radical (unpaired) electrons. The van der Waals surface area contributed by atoms with E-state index < -0.39 is 0 Å². The molecule has 0 saturated heterocycles. The van der Waals surface area contributed by atoms with Crippen molar-refractivity contribution in [3.8, 4) is 0 Å². The Bertz CT molecular complexity index is 99.5. The number of hydrazine groups is 1. The van der Waals surface area contributed by atoms with Gasteiger partial charge in [0, 0.05) is 6.20 Å². The zero-order chi connectivity index (χ0) is 6.41. The molecule has 0 aliphatic heterocycles. The fourth-order valence-corrected chi connectivity index (χ4v) is 0.255. The second-order valence-electron chi connectivity index (χ2n) is 1.13. The van der Waals surface area contributed by atoms with Gasteiger partial charge in [0.05, 0.1) is 0 Å². The van der Waals surface area contributed by atoms with E-state index in [2.05, 4.69) is 23.1 Å². The molecule has 0 fully saturated rings. The van der Waals surface area contributed by atoms with Gasteiger partial charge in [0.2, 0.25) is 0 Å². The predicted molar refractivity (Wildman–Crippen MR) is 37.9 cm³/mol. The van der Waals surface area contributed by atoms with Crippen LogP contribution in [0.2, 0.25) is 0 Å². The van der Waals surface area contributed by atoms with E-state index in [1.807, 2.05) is 13.0 Å². The Morgan fingerprint density at radius 3 is 2.75 bits per heavy atom. The zero-order valence-electron chi connectivity index (χ0n) is 4.64. The minimum Gasteiger partial charge on any atom is -0.375 e. The van der Waals surface area contributed by atoms with Crippen LogP contribution in [0.5, 0.6) is 0 Å². The molecule has 0 aromatic rings. The Kier molecular flexibility index (Phi) is 3.97. The molecule has 46 valence electrons. The molecule has 0 saturated carbocycles. The summed E-state index contributed by atoms with van der Waals surface area (Å²) in [5.41, 5.74) is 10.2. The number of rotatable bonds is 2. The first-order chi connectivity index (χ1) is 3.77. The molecule has 4 N–H and O–H groups in total. The van der Waals surface area contributed by atoms with E-state index >= 15 is 0 Å². The van der Waals surface area contributed by atoms with Crippen molar-refractivity contribution < 1.29 is 0 Å². The number of nitrogens with one attached hydrogen (secondary N) is 2. The highest BCUT2D eigenvalue weighted by molar-refractivity contribution is 7.80. The van der Waals surface area contributed by atoms with Crippen molar-refractivity contribution in [3.63, 3.8) is 0 Å². The van der Waals surface area contributed by atoms with E-state index in [1.54, 1.807) is 6.20 Å². The molecule has 8 heavy (non-hydrogen) atoms. The van der Waals surface area contributed by atoms with Crippen LogP contribution in [0.4, 0.5) is 0 Å². The molecule has 0 aliphatic carbocycles. The summed E-state index contributed by atoms with van der Waals surface area (Å²) in [6.07, 6.45) is 3.52. The zero-order valence-corrected chi connectivity index (χ0v) is 5.46. The molecule has 0 heterocycles. The van der Waals surface area contributed by atoms with E-state index in [1.165, 1.54) is 0 Å². The van der Waals surface area contributed by atoms with Crippen LogP contribution < -0.4 is 16.6 Å². The topological polar surface area (TPSA) is 50.1 Å². The molecule has 0 unspecified atom stereocenters. The predicted octanol–water partition coefficient (Wildman–Crippen LogP) is -0.142. The molecule has 0 amide bonds. The first kappa shape index (κ1) is 7.23. The van der Waals surface area contributed by atoms with Crippen LogP contribution in [0, 0.1) is 0 Å². The molecule has 0 rings (SSSR count). The lowest BCUT2D eigenvalue weighted by atomic mass is 10.7. The molecule has 0 spiro atoms. The molecule has 0 bridgehead atoms. The van der Waals surface area contributed by atoms with E-state index in [4.69, 9.17) is 5.73 Å². The van der Waals surface area contributed by atoms with Gasteiger partial charge in [-0.15, -0.1) is 0 Å². The van der Waals surface area contributed by atoms with Gasteiger partial charge in [-0.25, -0.2) is 0 Å². The first-order valence-corrected chi connectivity index (χ1v) is 2.60. The molecule has 0 aromatic heterocycles. The quantitative estimate of drug-likeness (QED) is 0.360. The number of nitrogens with two attached hydrogens (primary N) is 1. The summed E-state index contributed by atoms with van der Waals surface area (Å²) >= 11 is 4.48. The highest BCUT2D eigenvalue weighted by atomic mass is 32.1. The van der Waals surface area contributed by atoms with E-state index in [0.717, 1.165) is 0 Å². The van der Waals surface area contributed by atoms with Crippen molar-refractivity contribution in [2.75, 3.05) is 0 Å². The average molecular weight is 131 g/mol. The van der Waals surface area contributed by atoms with Crippen LogP contribution in [0.1, 0.15) is 6.92 Å². The van der Waals surface area contributed by atoms with Crippen molar-refractivity contribution in [3.05, 3.63) is 12.3 Å². The average Bonchev–Trinajstić information content (AvgIpc) is 1.66. The van der Waals surface area contributed by atoms with Crippen molar-refractivity contribution >= 4 is 17.3 Å². The Morgan fingerprint density at radius 1 is 1.75 bits per heavy atom. The minimum absolute atomic E-state index is 0.239. The van der Waals surface area contributed by atoms with Gasteiger partial charge in [-0.05, 0) is 19.1 Å². The molecular weight excluding hydrogens is 122 g/mol. The SMILES string of the molecule is C/C=C/NNC(N)=S. The lowest BCUT2D eigenvalue weighted by Crippen LogP contribution is -2.37. The smallest absolute Gasteiger partial charge is 0.182 e. The Labute approximate surface area is 53.9 Å². The summed E-state index contributed by atoms with van der Waals surface area (Å²) in [5, 5.41) is 0.239. The van der Waals surface area contributed by atoms with Crippen LogP contribution in [-0.4, -0.2) is 5.11 Å². The summed E-state index contributed by atoms with van der Waals surface area (Å²) < 4.78 is 0. The second-order valence-corrected chi connectivity index (χ2v) is 1.57. The van der Waals surface area contributed by atoms with Crippen molar-refractivity contribution in [2.45, 2.75) is 6.92 Å². The monoisotopic (exact) mass is 131 g/mol. The Balaban J connectivity index is 3.05. The maximum Gasteiger partial charge on any atom is 0.182 e. The number of allylic oxidation sites excluding steroid dienone is 1. The summed E-state index contributed by atoms with van der Waals surface area (Å²) in [4.78, 5) is 0. The van der Waals surface area contributed by atoms with Crippen LogP contribution in [0.15, 0.2) is 12.3 Å². The van der Waals surface area contributed by atoms with Crippen molar-refractivity contribution in [1.29, 1.82) is 0 Å². The summed E-state index contributed by atoms with van der Waals surface area (Å²) in [5.74, 6) is 0. The third kappa shape index (κ3) is 5.23. The maximum absolute atomic E-state index is 5.06. The van der Waals surface area contributed by atoms with Gasteiger partial charge in [-0.2, -0.15) is 0 Å². The third-order valence-electron chi connectivity index (χ3n) is 0.445. The highest BCUT2D eigenvalue weighted by Crippen LogP contribution is 1.57. The van der Waals surface area contributed by atoms with Gasteiger partial charge in [0.1, 0.15) is 0 Å². The molecule has 0 atom stereocenters. The third-order valence-corrected chi connectivity index (χ3v) is 0.547. The molecule has 4 heteroatoms. The molecular formula is C4H9N3S. The van der Waals surface area contributed by atoms with Crippen LogP contribution in [0.3, 0.4) is 0 Å². The van der Waals surface area contributed by atoms with Crippen LogP contribution in [-0.2, 0) is 0 Å². The minimum atomic E-state index is 0.239. The number of hydrogen-bond donors (Lipinski definition) is 3. The number of thiocarbonyl (C=S) groups is 1. The standard InChI is InChI=1S/C4H9N3S/c1-2-3-6-7-4(5)8/h2-3,6H,1H3,(H3,5,7,8)/b3-2+. The van der Waals surface area contributed by atoms with Gasteiger partial charge in [-0.3, -0.25) is 5.43 Å². The molecule has 0 aliphatic rings. The van der Waals surface area contributed by atoms with E-state index in [-0.39, 0.29) is 5.11 Å². The lowest BCUT2D eigenvalue weighted by Gasteiger charge is -1.99. The normalized spacial score (nSPS) is 9.12. The lowest BCUT2D eigenvalue weighted by molar-refractivity contribution is 0.822. The Hall–Kier alpha value is -0.770.